The molecule has 1 unspecified atom stereocenters. The average molecular weight is 245 g/mol. The fourth-order valence-corrected chi connectivity index (χ4v) is 2.33. The van der Waals surface area contributed by atoms with Gasteiger partial charge in [-0.3, -0.25) is 14.5 Å². The Morgan fingerprint density at radius 2 is 1.89 bits per heavy atom. The average Bonchev–Trinajstić information content (AvgIpc) is 2.60. The molecule has 1 aliphatic heterocycles. The van der Waals surface area contributed by atoms with Crippen molar-refractivity contribution >= 4 is 11.8 Å². The van der Waals surface area contributed by atoms with Crippen molar-refractivity contribution in [3.63, 3.8) is 0 Å². The molecule has 18 heavy (non-hydrogen) atoms. The van der Waals surface area contributed by atoms with E-state index in [1.54, 1.807) is 0 Å². The standard InChI is InChI=1S/C15H19NO2/c1-3-15(2)11-13(17)16(14(15)18)10-9-12-7-5-4-6-8-12/h4-8H,3,9-11H2,1-2H3. The molecule has 2 rings (SSSR count). The molecule has 1 saturated heterocycles. The second-order valence-electron chi connectivity index (χ2n) is 5.18. The SMILES string of the molecule is CCC1(C)CC(=O)N(CCc2ccccc2)C1=O. The Kier molecular flexibility index (Phi) is 3.50. The Labute approximate surface area is 108 Å². The topological polar surface area (TPSA) is 37.4 Å². The first-order valence-corrected chi connectivity index (χ1v) is 6.45. The molecule has 1 aromatic carbocycles. The summed E-state index contributed by atoms with van der Waals surface area (Å²) in [5, 5.41) is 0. The zero-order valence-corrected chi connectivity index (χ0v) is 11.0. The summed E-state index contributed by atoms with van der Waals surface area (Å²) < 4.78 is 0. The predicted molar refractivity (Wildman–Crippen MR) is 69.9 cm³/mol. The number of nitrogens with zero attached hydrogens (tertiary/aromatic N) is 1. The van der Waals surface area contributed by atoms with Crippen LogP contribution in [0.1, 0.15) is 32.3 Å². The summed E-state index contributed by atoms with van der Waals surface area (Å²) in [6.45, 7) is 4.35. The van der Waals surface area contributed by atoms with E-state index in [2.05, 4.69) is 0 Å². The highest BCUT2D eigenvalue weighted by molar-refractivity contribution is 6.05. The van der Waals surface area contributed by atoms with Gasteiger partial charge in [0.05, 0.1) is 5.41 Å². The minimum atomic E-state index is -0.478. The van der Waals surface area contributed by atoms with Crippen LogP contribution in [-0.2, 0) is 16.0 Å². The Bertz CT molecular complexity index is 455. The number of hydrogen-bond acceptors (Lipinski definition) is 2. The van der Waals surface area contributed by atoms with Crippen LogP contribution in [0.15, 0.2) is 30.3 Å². The Hall–Kier alpha value is -1.64. The van der Waals surface area contributed by atoms with Crippen molar-refractivity contribution in [3.05, 3.63) is 35.9 Å². The van der Waals surface area contributed by atoms with E-state index in [1.807, 2.05) is 44.2 Å². The lowest BCUT2D eigenvalue weighted by Gasteiger charge is -2.20. The van der Waals surface area contributed by atoms with Crippen LogP contribution in [0.25, 0.3) is 0 Å². The fourth-order valence-electron chi connectivity index (χ4n) is 2.33. The van der Waals surface area contributed by atoms with Crippen LogP contribution in [0, 0.1) is 5.41 Å². The van der Waals surface area contributed by atoms with E-state index in [0.717, 1.165) is 18.4 Å². The van der Waals surface area contributed by atoms with Gasteiger partial charge in [0.25, 0.3) is 0 Å². The van der Waals surface area contributed by atoms with Crippen LogP contribution in [0.5, 0.6) is 0 Å². The molecule has 96 valence electrons. The molecule has 1 heterocycles. The largest absolute Gasteiger partial charge is 0.282 e. The molecule has 0 radical (unpaired) electrons. The van der Waals surface area contributed by atoms with Crippen molar-refractivity contribution in [3.8, 4) is 0 Å². The van der Waals surface area contributed by atoms with Gasteiger partial charge in [-0.15, -0.1) is 0 Å². The molecular formula is C15H19NO2. The predicted octanol–water partition coefficient (Wildman–Crippen LogP) is 2.40. The van der Waals surface area contributed by atoms with Gasteiger partial charge in [-0.05, 0) is 18.4 Å². The first-order chi connectivity index (χ1) is 8.57. The highest BCUT2D eigenvalue weighted by Gasteiger charge is 2.46. The summed E-state index contributed by atoms with van der Waals surface area (Å²) in [4.78, 5) is 25.5. The van der Waals surface area contributed by atoms with Crippen molar-refractivity contribution in [1.29, 1.82) is 0 Å². The summed E-state index contributed by atoms with van der Waals surface area (Å²) in [6, 6.07) is 9.94. The minimum absolute atomic E-state index is 0.00840. The van der Waals surface area contributed by atoms with Gasteiger partial charge in [0.1, 0.15) is 0 Å². The van der Waals surface area contributed by atoms with Gasteiger partial charge in [0, 0.05) is 13.0 Å². The highest BCUT2D eigenvalue weighted by Crippen LogP contribution is 2.35. The van der Waals surface area contributed by atoms with Crippen LogP contribution >= 0.6 is 0 Å². The van der Waals surface area contributed by atoms with Crippen LogP contribution in [0.4, 0.5) is 0 Å². The maximum Gasteiger partial charge on any atom is 0.235 e. The van der Waals surface area contributed by atoms with Crippen molar-refractivity contribution in [1.82, 2.24) is 4.90 Å². The van der Waals surface area contributed by atoms with Crippen LogP contribution < -0.4 is 0 Å². The summed E-state index contributed by atoms with van der Waals surface area (Å²) in [6.07, 6.45) is 1.81. The van der Waals surface area contributed by atoms with Crippen LogP contribution in [0.2, 0.25) is 0 Å². The van der Waals surface area contributed by atoms with Crippen LogP contribution in [0.3, 0.4) is 0 Å². The number of carbonyl (C=O) groups is 2. The molecule has 0 saturated carbocycles. The molecule has 0 N–H and O–H groups in total. The van der Waals surface area contributed by atoms with E-state index in [-0.39, 0.29) is 11.8 Å². The first kappa shape index (κ1) is 12.8. The number of benzene rings is 1. The Morgan fingerprint density at radius 1 is 1.22 bits per heavy atom. The second kappa shape index (κ2) is 4.92. The number of likely N-dealkylation sites (tertiary alicyclic amines) is 1. The van der Waals surface area contributed by atoms with Gasteiger partial charge in [-0.2, -0.15) is 0 Å². The zero-order chi connectivity index (χ0) is 13.2. The normalized spacial score (nSPS) is 23.8. The molecule has 0 aliphatic carbocycles. The summed E-state index contributed by atoms with van der Waals surface area (Å²) >= 11 is 0. The molecular weight excluding hydrogens is 226 g/mol. The minimum Gasteiger partial charge on any atom is -0.282 e. The Morgan fingerprint density at radius 3 is 2.44 bits per heavy atom. The second-order valence-corrected chi connectivity index (χ2v) is 5.18. The molecule has 3 heteroatoms. The number of carbonyl (C=O) groups excluding carboxylic acids is 2. The van der Waals surface area contributed by atoms with Crippen molar-refractivity contribution in [2.24, 2.45) is 5.41 Å². The van der Waals surface area contributed by atoms with Gasteiger partial charge in [-0.1, -0.05) is 44.2 Å². The highest BCUT2D eigenvalue weighted by atomic mass is 16.2. The summed E-state index contributed by atoms with van der Waals surface area (Å²) in [5.74, 6) is -0.0359. The third-order valence-corrected chi connectivity index (χ3v) is 3.85. The third kappa shape index (κ3) is 2.30. The van der Waals surface area contributed by atoms with E-state index < -0.39 is 5.41 Å². The van der Waals surface area contributed by atoms with Gasteiger partial charge in [0.15, 0.2) is 0 Å². The molecule has 0 bridgehead atoms. The Balaban J connectivity index is 2.02. The van der Waals surface area contributed by atoms with E-state index >= 15 is 0 Å². The van der Waals surface area contributed by atoms with E-state index in [9.17, 15) is 9.59 Å². The monoisotopic (exact) mass is 245 g/mol. The van der Waals surface area contributed by atoms with Gasteiger partial charge in [0.2, 0.25) is 11.8 Å². The lowest BCUT2D eigenvalue weighted by Crippen LogP contribution is -2.35. The lowest BCUT2D eigenvalue weighted by molar-refractivity contribution is -0.141. The quantitative estimate of drug-likeness (QED) is 0.764. The van der Waals surface area contributed by atoms with Gasteiger partial charge >= 0.3 is 0 Å². The molecule has 1 aromatic rings. The zero-order valence-electron chi connectivity index (χ0n) is 11.0. The van der Waals surface area contributed by atoms with Gasteiger partial charge in [-0.25, -0.2) is 0 Å². The molecule has 0 aromatic heterocycles. The molecule has 0 spiro atoms. The maximum absolute atomic E-state index is 12.2. The van der Waals surface area contributed by atoms with E-state index in [0.29, 0.717) is 13.0 Å². The summed E-state index contributed by atoms with van der Waals surface area (Å²) in [5.41, 5.74) is 0.677. The fraction of sp³-hybridized carbons (Fsp3) is 0.467. The van der Waals surface area contributed by atoms with Crippen molar-refractivity contribution < 1.29 is 9.59 Å². The van der Waals surface area contributed by atoms with Crippen molar-refractivity contribution in [2.45, 2.75) is 33.1 Å². The van der Waals surface area contributed by atoms with Crippen LogP contribution in [-0.4, -0.2) is 23.3 Å². The van der Waals surface area contributed by atoms with E-state index in [1.165, 1.54) is 4.90 Å². The van der Waals surface area contributed by atoms with Gasteiger partial charge < -0.3 is 0 Å². The first-order valence-electron chi connectivity index (χ1n) is 6.45. The maximum atomic E-state index is 12.2. The molecule has 1 fully saturated rings. The number of imide groups is 1. The summed E-state index contributed by atoms with van der Waals surface area (Å²) in [7, 11) is 0. The van der Waals surface area contributed by atoms with Crippen molar-refractivity contribution in [2.75, 3.05) is 6.54 Å². The molecule has 1 aliphatic rings. The number of amides is 2. The smallest absolute Gasteiger partial charge is 0.235 e. The molecule has 2 amide bonds. The third-order valence-electron chi connectivity index (χ3n) is 3.85. The number of hydrogen-bond donors (Lipinski definition) is 0. The van der Waals surface area contributed by atoms with E-state index in [4.69, 9.17) is 0 Å². The molecule has 3 nitrogen and oxygen atoms in total. The number of rotatable bonds is 4. The lowest BCUT2D eigenvalue weighted by atomic mass is 9.86. The molecule has 1 atom stereocenters.